The molecule has 2 heterocycles. The lowest BCUT2D eigenvalue weighted by molar-refractivity contribution is -0.118. The maximum absolute atomic E-state index is 14.5. The number of benzene rings is 1. The summed E-state index contributed by atoms with van der Waals surface area (Å²) in [5.41, 5.74) is -0.296. The number of rotatable bonds is 3. The van der Waals surface area contributed by atoms with Crippen LogP contribution in [0.25, 0.3) is 0 Å². The number of anilines is 1. The van der Waals surface area contributed by atoms with Crippen molar-refractivity contribution >= 4 is 17.5 Å². The molecule has 146 valence electrons. The largest absolute Gasteiger partial charge is 0.335 e. The lowest BCUT2D eigenvalue weighted by Crippen LogP contribution is -2.42. The zero-order valence-corrected chi connectivity index (χ0v) is 15.8. The number of hydrogen-bond acceptors (Lipinski definition) is 2. The monoisotopic (exact) mass is 376 g/mol. The number of fused-ring (bicyclic) bond motifs is 1. The third kappa shape index (κ3) is 3.46. The van der Waals surface area contributed by atoms with Gasteiger partial charge in [0.15, 0.2) is 0 Å². The molecule has 2 unspecified atom stereocenters. The molecule has 4 aliphatic rings. The highest BCUT2D eigenvalue weighted by Crippen LogP contribution is 2.47. The Hall–Kier alpha value is -1.98. The van der Waals surface area contributed by atoms with E-state index in [1.807, 2.05) is 4.90 Å². The number of halogens is 2. The van der Waals surface area contributed by atoms with E-state index in [1.165, 1.54) is 6.42 Å². The van der Waals surface area contributed by atoms with Gasteiger partial charge < -0.3 is 10.2 Å². The fourth-order valence-corrected chi connectivity index (χ4v) is 5.27. The number of amides is 2. The van der Waals surface area contributed by atoms with E-state index in [9.17, 15) is 18.4 Å². The van der Waals surface area contributed by atoms with E-state index in [4.69, 9.17) is 0 Å². The fraction of sp³-hybridized carbons (Fsp3) is 0.619. The first-order valence-electron chi connectivity index (χ1n) is 9.92. The molecule has 6 heteroatoms. The molecule has 0 radical (unpaired) electrons. The normalized spacial score (nSPS) is 29.1. The van der Waals surface area contributed by atoms with Crippen LogP contribution in [0.15, 0.2) is 12.1 Å². The van der Waals surface area contributed by atoms with E-state index < -0.39 is 11.6 Å². The Morgan fingerprint density at radius 2 is 1.63 bits per heavy atom. The van der Waals surface area contributed by atoms with Gasteiger partial charge in [0.25, 0.3) is 5.91 Å². The summed E-state index contributed by atoms with van der Waals surface area (Å²) in [5, 5.41) is 2.46. The van der Waals surface area contributed by atoms with Crippen molar-refractivity contribution in [2.75, 3.05) is 11.9 Å². The van der Waals surface area contributed by atoms with Crippen LogP contribution < -0.4 is 5.32 Å². The summed E-state index contributed by atoms with van der Waals surface area (Å²) >= 11 is 0. The summed E-state index contributed by atoms with van der Waals surface area (Å²) in [6.45, 7) is 4.03. The van der Waals surface area contributed by atoms with Crippen LogP contribution in [0, 0.1) is 35.3 Å². The van der Waals surface area contributed by atoms with Crippen molar-refractivity contribution in [3.8, 4) is 0 Å². The Labute approximate surface area is 158 Å². The topological polar surface area (TPSA) is 49.4 Å². The second-order valence-corrected chi connectivity index (χ2v) is 8.84. The second-order valence-electron chi connectivity index (χ2n) is 8.84. The standard InChI is InChI=1S/C21H26F2N2O2/c1-11(2)20(26)24-19-8-16(17(22)9-18(19)23)21(27)25-10-14-4-12-3-13(5-14)7-15(25)6-12/h8-9,11-15H,3-7,10H2,1-2H3,(H,24,26). The van der Waals surface area contributed by atoms with Crippen molar-refractivity contribution in [1.82, 2.24) is 4.90 Å². The highest BCUT2D eigenvalue weighted by molar-refractivity contribution is 5.98. The van der Waals surface area contributed by atoms with Gasteiger partial charge in [-0.25, -0.2) is 8.78 Å². The molecule has 2 aliphatic carbocycles. The first-order chi connectivity index (χ1) is 12.8. The Bertz CT molecular complexity index is 766. The van der Waals surface area contributed by atoms with Crippen LogP contribution in [0.4, 0.5) is 14.5 Å². The Morgan fingerprint density at radius 1 is 1.00 bits per heavy atom. The van der Waals surface area contributed by atoms with Gasteiger partial charge in [0, 0.05) is 24.6 Å². The molecule has 27 heavy (non-hydrogen) atoms. The van der Waals surface area contributed by atoms with Gasteiger partial charge in [-0.1, -0.05) is 13.8 Å². The predicted octanol–water partition coefficient (Wildman–Crippen LogP) is 4.21. The third-order valence-electron chi connectivity index (χ3n) is 6.44. The zero-order valence-electron chi connectivity index (χ0n) is 15.8. The molecule has 2 aliphatic heterocycles. The van der Waals surface area contributed by atoms with Gasteiger partial charge in [-0.2, -0.15) is 0 Å². The molecule has 2 amide bonds. The van der Waals surface area contributed by atoms with Gasteiger partial charge in [0.2, 0.25) is 5.91 Å². The summed E-state index contributed by atoms with van der Waals surface area (Å²) in [6.07, 6.45) is 5.53. The number of carbonyl (C=O) groups is 2. The summed E-state index contributed by atoms with van der Waals surface area (Å²) in [6, 6.07) is 2.00. The van der Waals surface area contributed by atoms with Gasteiger partial charge in [-0.3, -0.25) is 9.59 Å². The zero-order chi connectivity index (χ0) is 19.3. The third-order valence-corrected chi connectivity index (χ3v) is 6.44. The van der Waals surface area contributed by atoms with Gasteiger partial charge in [0.05, 0.1) is 11.3 Å². The van der Waals surface area contributed by atoms with Crippen molar-refractivity contribution in [1.29, 1.82) is 0 Å². The molecule has 5 rings (SSSR count). The molecule has 2 atom stereocenters. The van der Waals surface area contributed by atoms with Crippen molar-refractivity contribution in [2.45, 2.75) is 52.0 Å². The number of hydrogen-bond donors (Lipinski definition) is 1. The molecule has 0 spiro atoms. The predicted molar refractivity (Wildman–Crippen MR) is 98.2 cm³/mol. The van der Waals surface area contributed by atoms with Crippen molar-refractivity contribution in [2.24, 2.45) is 23.7 Å². The maximum Gasteiger partial charge on any atom is 0.257 e. The Kier molecular flexibility index (Phi) is 4.68. The van der Waals surface area contributed by atoms with Crippen LogP contribution in [0.3, 0.4) is 0 Å². The van der Waals surface area contributed by atoms with Crippen molar-refractivity contribution in [3.05, 3.63) is 29.3 Å². The highest BCUT2D eigenvalue weighted by atomic mass is 19.1. The average Bonchev–Trinajstić information content (AvgIpc) is 2.80. The number of nitrogens with one attached hydrogen (secondary N) is 1. The minimum absolute atomic E-state index is 0.140. The smallest absolute Gasteiger partial charge is 0.257 e. The summed E-state index contributed by atoms with van der Waals surface area (Å²) in [4.78, 5) is 26.9. The molecule has 4 nitrogen and oxygen atoms in total. The molecule has 1 aromatic rings. The number of nitrogens with zero attached hydrogens (tertiary/aromatic N) is 1. The van der Waals surface area contributed by atoms with E-state index in [0.29, 0.717) is 30.4 Å². The lowest BCUT2D eigenvalue weighted by Gasteiger charge is -2.39. The fourth-order valence-electron chi connectivity index (χ4n) is 5.27. The average molecular weight is 376 g/mol. The molecular weight excluding hydrogens is 350 g/mol. The summed E-state index contributed by atoms with van der Waals surface area (Å²) in [7, 11) is 0. The second kappa shape index (κ2) is 6.88. The Balaban J connectivity index is 1.62. The minimum Gasteiger partial charge on any atom is -0.335 e. The van der Waals surface area contributed by atoms with E-state index in [0.717, 1.165) is 31.7 Å². The van der Waals surface area contributed by atoms with Crippen LogP contribution in [-0.2, 0) is 4.79 Å². The van der Waals surface area contributed by atoms with Gasteiger partial charge in [-0.05, 0) is 55.9 Å². The van der Waals surface area contributed by atoms with Crippen LogP contribution >= 0.6 is 0 Å². The quantitative estimate of drug-likeness (QED) is 0.859. The van der Waals surface area contributed by atoms with Crippen LogP contribution in [-0.4, -0.2) is 29.3 Å². The molecule has 1 N–H and O–H groups in total. The lowest BCUT2D eigenvalue weighted by atomic mass is 9.68. The van der Waals surface area contributed by atoms with Crippen LogP contribution in [0.2, 0.25) is 0 Å². The van der Waals surface area contributed by atoms with Crippen LogP contribution in [0.5, 0.6) is 0 Å². The minimum atomic E-state index is -0.871. The Morgan fingerprint density at radius 3 is 2.26 bits per heavy atom. The molecule has 2 saturated carbocycles. The SMILES string of the molecule is CC(C)C(=O)Nc1cc(C(=O)N2CC3CC4CC(C3)CC2C4)c(F)cc1F. The maximum atomic E-state index is 14.5. The molecule has 4 bridgehead atoms. The number of carbonyl (C=O) groups excluding carboxylic acids is 2. The van der Waals surface area contributed by atoms with E-state index in [2.05, 4.69) is 5.32 Å². The van der Waals surface area contributed by atoms with Crippen LogP contribution in [0.1, 0.15) is 56.3 Å². The summed E-state index contributed by atoms with van der Waals surface area (Å²) < 4.78 is 28.6. The van der Waals surface area contributed by atoms with E-state index in [1.54, 1.807) is 13.8 Å². The highest BCUT2D eigenvalue weighted by Gasteiger charge is 2.44. The van der Waals surface area contributed by atoms with Gasteiger partial charge in [0.1, 0.15) is 11.6 Å². The van der Waals surface area contributed by atoms with Gasteiger partial charge >= 0.3 is 0 Å². The first kappa shape index (κ1) is 18.4. The first-order valence-corrected chi connectivity index (χ1v) is 9.92. The molecule has 4 fully saturated rings. The van der Waals surface area contributed by atoms with E-state index >= 15 is 0 Å². The van der Waals surface area contributed by atoms with Crippen molar-refractivity contribution < 1.29 is 18.4 Å². The summed E-state index contributed by atoms with van der Waals surface area (Å²) in [5.74, 6) is -1.01. The molecule has 0 aromatic heterocycles. The van der Waals surface area contributed by atoms with Crippen molar-refractivity contribution in [3.63, 3.8) is 0 Å². The molecule has 1 aromatic carbocycles. The molecular formula is C21H26F2N2O2. The van der Waals surface area contributed by atoms with E-state index in [-0.39, 0.29) is 35.0 Å². The van der Waals surface area contributed by atoms with Gasteiger partial charge in [-0.15, -0.1) is 0 Å². The molecule has 2 saturated heterocycles.